The molecule has 3 heterocycles. The molecule has 1 atom stereocenters. The number of pyridine rings is 2. The maximum absolute atomic E-state index is 5.54. The summed E-state index contributed by atoms with van der Waals surface area (Å²) in [5, 5.41) is 3.63. The quantitative estimate of drug-likeness (QED) is 0.755. The van der Waals surface area contributed by atoms with Crippen molar-refractivity contribution in [2.24, 2.45) is 5.73 Å². The number of rotatable bonds is 7. The van der Waals surface area contributed by atoms with E-state index >= 15 is 0 Å². The van der Waals surface area contributed by atoms with E-state index in [0.29, 0.717) is 11.9 Å². The first-order chi connectivity index (χ1) is 11.3. The average Bonchev–Trinajstić information content (AvgIpc) is 3.06. The van der Waals surface area contributed by atoms with Gasteiger partial charge in [0.1, 0.15) is 5.52 Å². The lowest BCUT2D eigenvalue weighted by atomic mass is 10.2. The Hall–Kier alpha value is -1.92. The third kappa shape index (κ3) is 3.71. The van der Waals surface area contributed by atoms with Crippen molar-refractivity contribution in [1.29, 1.82) is 0 Å². The normalized spacial score (nSPS) is 17.8. The standard InChI is InChI=1S/C17H25N5O/c1-23-16-5-4-14-17(21-16)15(6-10-20-14)22-11-7-13(12-22)19-9-3-2-8-18/h4-6,10,13,19H,2-3,7-9,11-12,18H2,1H3. The molecule has 0 radical (unpaired) electrons. The van der Waals surface area contributed by atoms with E-state index in [1.54, 1.807) is 7.11 Å². The SMILES string of the molecule is COc1ccc2nccc(N3CCC(NCCCCN)C3)c2n1. The molecule has 1 aliphatic heterocycles. The predicted molar refractivity (Wildman–Crippen MR) is 93.0 cm³/mol. The van der Waals surface area contributed by atoms with Crippen molar-refractivity contribution in [3.8, 4) is 5.88 Å². The second-order valence-electron chi connectivity index (χ2n) is 5.93. The van der Waals surface area contributed by atoms with E-state index < -0.39 is 0 Å². The Morgan fingerprint density at radius 1 is 1.35 bits per heavy atom. The van der Waals surface area contributed by atoms with Crippen LogP contribution in [0.25, 0.3) is 11.0 Å². The van der Waals surface area contributed by atoms with E-state index in [-0.39, 0.29) is 0 Å². The first-order valence-electron chi connectivity index (χ1n) is 8.30. The fourth-order valence-electron chi connectivity index (χ4n) is 3.08. The molecule has 0 aromatic carbocycles. The highest BCUT2D eigenvalue weighted by molar-refractivity contribution is 5.88. The monoisotopic (exact) mass is 315 g/mol. The summed E-state index contributed by atoms with van der Waals surface area (Å²) in [6, 6.07) is 6.39. The molecule has 23 heavy (non-hydrogen) atoms. The van der Waals surface area contributed by atoms with Gasteiger partial charge in [-0.3, -0.25) is 4.98 Å². The second kappa shape index (κ2) is 7.57. The van der Waals surface area contributed by atoms with Gasteiger partial charge in [-0.2, -0.15) is 0 Å². The van der Waals surface area contributed by atoms with Crippen molar-refractivity contribution in [2.75, 3.05) is 38.2 Å². The van der Waals surface area contributed by atoms with Crippen molar-refractivity contribution in [3.05, 3.63) is 24.4 Å². The van der Waals surface area contributed by atoms with Gasteiger partial charge in [0.15, 0.2) is 0 Å². The van der Waals surface area contributed by atoms with E-state index in [1.807, 2.05) is 24.4 Å². The minimum absolute atomic E-state index is 0.529. The van der Waals surface area contributed by atoms with Crippen LogP contribution < -0.4 is 20.7 Å². The second-order valence-corrected chi connectivity index (χ2v) is 5.93. The zero-order valence-electron chi connectivity index (χ0n) is 13.7. The maximum Gasteiger partial charge on any atom is 0.213 e. The molecule has 2 aromatic rings. The molecule has 6 heteroatoms. The predicted octanol–water partition coefficient (Wildman–Crippen LogP) is 1.55. The Labute approximate surface area is 137 Å². The fourth-order valence-corrected chi connectivity index (χ4v) is 3.08. The molecule has 0 bridgehead atoms. The summed E-state index contributed by atoms with van der Waals surface area (Å²) in [5.41, 5.74) is 8.50. The molecular formula is C17H25N5O. The number of ether oxygens (including phenoxy) is 1. The zero-order valence-corrected chi connectivity index (χ0v) is 13.7. The van der Waals surface area contributed by atoms with Crippen molar-refractivity contribution < 1.29 is 4.74 Å². The number of methoxy groups -OCH3 is 1. The first-order valence-corrected chi connectivity index (χ1v) is 8.30. The van der Waals surface area contributed by atoms with Crippen molar-refractivity contribution in [2.45, 2.75) is 25.3 Å². The third-order valence-electron chi connectivity index (χ3n) is 4.34. The van der Waals surface area contributed by atoms with Crippen LogP contribution in [0.5, 0.6) is 5.88 Å². The van der Waals surface area contributed by atoms with E-state index in [4.69, 9.17) is 10.5 Å². The Morgan fingerprint density at radius 2 is 2.26 bits per heavy atom. The summed E-state index contributed by atoms with van der Waals surface area (Å²) in [5.74, 6) is 0.627. The first kappa shape index (κ1) is 16.0. The van der Waals surface area contributed by atoms with E-state index in [1.165, 1.54) is 0 Å². The largest absolute Gasteiger partial charge is 0.481 e. The molecule has 124 valence electrons. The lowest BCUT2D eigenvalue weighted by Gasteiger charge is -2.20. The number of anilines is 1. The van der Waals surface area contributed by atoms with Gasteiger partial charge < -0.3 is 20.7 Å². The Kier molecular flexibility index (Phi) is 5.25. The molecule has 0 saturated carbocycles. The number of hydrogen-bond acceptors (Lipinski definition) is 6. The van der Waals surface area contributed by atoms with Crippen molar-refractivity contribution in [3.63, 3.8) is 0 Å². The number of aromatic nitrogens is 2. The Morgan fingerprint density at radius 3 is 3.09 bits per heavy atom. The molecule has 0 aliphatic carbocycles. The topological polar surface area (TPSA) is 76.3 Å². The molecule has 6 nitrogen and oxygen atoms in total. The molecule has 2 aromatic heterocycles. The zero-order chi connectivity index (χ0) is 16.1. The summed E-state index contributed by atoms with van der Waals surface area (Å²) in [6.07, 6.45) is 5.23. The highest BCUT2D eigenvalue weighted by Crippen LogP contribution is 2.28. The third-order valence-corrected chi connectivity index (χ3v) is 4.34. The van der Waals surface area contributed by atoms with Crippen LogP contribution in [0.3, 0.4) is 0 Å². The van der Waals surface area contributed by atoms with Crippen LogP contribution >= 0.6 is 0 Å². The molecule has 0 spiro atoms. The number of nitrogens with zero attached hydrogens (tertiary/aromatic N) is 3. The van der Waals surface area contributed by atoms with Gasteiger partial charge >= 0.3 is 0 Å². The number of unbranched alkanes of at least 4 members (excludes halogenated alkanes) is 1. The van der Waals surface area contributed by atoms with Crippen LogP contribution in [0.15, 0.2) is 24.4 Å². The Balaban J connectivity index is 1.71. The molecular weight excluding hydrogens is 290 g/mol. The van der Waals surface area contributed by atoms with Crippen LogP contribution in [-0.2, 0) is 0 Å². The van der Waals surface area contributed by atoms with E-state index in [9.17, 15) is 0 Å². The maximum atomic E-state index is 5.54. The molecule has 0 amide bonds. The number of nitrogens with one attached hydrogen (secondary N) is 1. The lowest BCUT2D eigenvalue weighted by Crippen LogP contribution is -2.33. The molecule has 1 saturated heterocycles. The van der Waals surface area contributed by atoms with Crippen LogP contribution in [0.1, 0.15) is 19.3 Å². The summed E-state index contributed by atoms with van der Waals surface area (Å²) in [4.78, 5) is 11.4. The van der Waals surface area contributed by atoms with Crippen molar-refractivity contribution >= 4 is 16.7 Å². The summed E-state index contributed by atoms with van der Waals surface area (Å²) < 4.78 is 5.26. The highest BCUT2D eigenvalue weighted by Gasteiger charge is 2.24. The fraction of sp³-hybridized carbons (Fsp3) is 0.529. The highest BCUT2D eigenvalue weighted by atomic mass is 16.5. The van der Waals surface area contributed by atoms with Gasteiger partial charge in [-0.05, 0) is 44.5 Å². The smallest absolute Gasteiger partial charge is 0.213 e. The minimum atomic E-state index is 0.529. The molecule has 3 rings (SSSR count). The molecule has 1 aliphatic rings. The van der Waals surface area contributed by atoms with Gasteiger partial charge in [0, 0.05) is 31.4 Å². The number of nitrogens with two attached hydrogens (primary N) is 1. The van der Waals surface area contributed by atoms with Crippen LogP contribution in [0.2, 0.25) is 0 Å². The summed E-state index contributed by atoms with van der Waals surface area (Å²) >= 11 is 0. The van der Waals surface area contributed by atoms with Gasteiger partial charge in [0.05, 0.1) is 18.3 Å². The average molecular weight is 315 g/mol. The van der Waals surface area contributed by atoms with Gasteiger partial charge in [0.25, 0.3) is 0 Å². The van der Waals surface area contributed by atoms with Gasteiger partial charge in [-0.15, -0.1) is 0 Å². The van der Waals surface area contributed by atoms with Gasteiger partial charge in [-0.25, -0.2) is 4.98 Å². The van der Waals surface area contributed by atoms with Gasteiger partial charge in [0.2, 0.25) is 5.88 Å². The van der Waals surface area contributed by atoms with Crippen LogP contribution in [-0.4, -0.2) is 49.3 Å². The van der Waals surface area contributed by atoms with Crippen molar-refractivity contribution in [1.82, 2.24) is 15.3 Å². The van der Waals surface area contributed by atoms with Crippen LogP contribution in [0.4, 0.5) is 5.69 Å². The van der Waals surface area contributed by atoms with E-state index in [2.05, 4.69) is 20.2 Å². The Bertz CT molecular complexity index is 648. The van der Waals surface area contributed by atoms with E-state index in [0.717, 1.165) is 62.2 Å². The number of fused-ring (bicyclic) bond motifs is 1. The number of hydrogen-bond donors (Lipinski definition) is 2. The summed E-state index contributed by atoms with van der Waals surface area (Å²) in [6.45, 7) is 3.85. The molecule has 1 fully saturated rings. The minimum Gasteiger partial charge on any atom is -0.481 e. The summed E-state index contributed by atoms with van der Waals surface area (Å²) in [7, 11) is 1.64. The van der Waals surface area contributed by atoms with Gasteiger partial charge in [-0.1, -0.05) is 0 Å². The lowest BCUT2D eigenvalue weighted by molar-refractivity contribution is 0.399. The molecule has 3 N–H and O–H groups in total. The molecule has 1 unspecified atom stereocenters. The van der Waals surface area contributed by atoms with Crippen LogP contribution in [0, 0.1) is 0 Å².